The van der Waals surface area contributed by atoms with Crippen LogP contribution in [0.1, 0.15) is 119 Å². The van der Waals surface area contributed by atoms with Crippen molar-refractivity contribution in [2.24, 2.45) is 11.8 Å². The average molecular weight is 1260 g/mol. The molecule has 8 rings (SSSR count). The summed E-state index contributed by atoms with van der Waals surface area (Å²) < 4.78 is 18.8. The molecule has 91 heavy (non-hydrogen) atoms. The average Bonchev–Trinajstić information content (AvgIpc) is 1.71. The Bertz CT molecular complexity index is 2950. The van der Waals surface area contributed by atoms with Crippen molar-refractivity contribution in [3.8, 4) is 0 Å². The highest BCUT2D eigenvalue weighted by molar-refractivity contribution is 5.97. The lowest BCUT2D eigenvalue weighted by atomic mass is 9.92. The number of ether oxygens (including phenoxy) is 3. The van der Waals surface area contributed by atoms with Gasteiger partial charge >= 0.3 is 0 Å². The smallest absolute Gasteiger partial charge is 0.247 e. The van der Waals surface area contributed by atoms with Crippen LogP contribution in [0.25, 0.3) is 0 Å². The standard InChI is InChI=1S/C66H93N13O12/c1-5-51(67-3)60(82)73-58-46(22-25-49-27-29-53(78(49)65(58)87)62(84)71-56(43-16-10-7-11-17-43)44-18-12-8-13-19-44)40-70-55(81)31-24-48-41-77(76-75-48)33-35-90-37-39-91-38-36-89-34-32-69-64(86)57(45-20-14-9-15-21-45)72-63(85)54-30-28-50-26-23-47(42-80)59(66(88)79(50)54)74-61(83)52(6-2)68-4/h7-21,41,46-47,49-54,56-59,67-68,80H,5-6,22-40,42H2,1-4H3,(H,69,86)(H,70,81)(H,71,84)(H,72,85)(H,73,82)(H,74,83). The van der Waals surface area contributed by atoms with Crippen molar-refractivity contribution >= 4 is 47.3 Å². The monoisotopic (exact) mass is 1260 g/mol. The van der Waals surface area contributed by atoms with Crippen LogP contribution in [0.3, 0.4) is 0 Å². The van der Waals surface area contributed by atoms with E-state index in [1.165, 1.54) is 0 Å². The maximum atomic E-state index is 14.8. The summed E-state index contributed by atoms with van der Waals surface area (Å²) in [5, 5.41) is 42.6. The molecular weight excluding hydrogens is 1170 g/mol. The topological polar surface area (TPSA) is 318 Å². The van der Waals surface area contributed by atoms with E-state index < -0.39 is 77.9 Å². The molecule has 0 bridgehead atoms. The van der Waals surface area contributed by atoms with Gasteiger partial charge in [-0.05, 0) is 95.0 Å². The lowest BCUT2D eigenvalue weighted by molar-refractivity contribution is -0.144. The highest BCUT2D eigenvalue weighted by Gasteiger charge is 2.50. The van der Waals surface area contributed by atoms with Crippen LogP contribution in [0.2, 0.25) is 0 Å². The number of nitrogens with one attached hydrogen (secondary N) is 8. The molecule has 9 N–H and O–H groups in total. The summed E-state index contributed by atoms with van der Waals surface area (Å²) >= 11 is 0. The van der Waals surface area contributed by atoms with E-state index in [4.69, 9.17) is 14.2 Å². The molecule has 11 atom stereocenters. The molecule has 4 aromatic rings. The van der Waals surface area contributed by atoms with E-state index in [-0.39, 0.29) is 87.6 Å². The normalized spacial score (nSPS) is 22.4. The predicted molar refractivity (Wildman–Crippen MR) is 337 cm³/mol. The Balaban J connectivity index is 0.717. The van der Waals surface area contributed by atoms with Crippen molar-refractivity contribution in [2.75, 3.05) is 73.4 Å². The lowest BCUT2D eigenvalue weighted by Crippen LogP contribution is -2.59. The number of likely N-dealkylation sites (N-methyl/N-ethyl adjacent to an activating group) is 2. The molecule has 494 valence electrons. The van der Waals surface area contributed by atoms with Gasteiger partial charge in [0.1, 0.15) is 30.2 Å². The third kappa shape index (κ3) is 18.7. The van der Waals surface area contributed by atoms with Crippen LogP contribution in [0.5, 0.6) is 0 Å². The van der Waals surface area contributed by atoms with Gasteiger partial charge in [-0.1, -0.05) is 110 Å². The molecule has 5 heterocycles. The molecule has 0 radical (unpaired) electrons. The number of aliphatic hydroxyl groups excluding tert-OH is 1. The fourth-order valence-corrected chi connectivity index (χ4v) is 13.0. The predicted octanol–water partition coefficient (Wildman–Crippen LogP) is 1.75. The van der Waals surface area contributed by atoms with Crippen LogP contribution in [-0.4, -0.2) is 199 Å². The molecule has 3 aromatic carbocycles. The van der Waals surface area contributed by atoms with Crippen molar-refractivity contribution in [1.29, 1.82) is 0 Å². The minimum absolute atomic E-state index is 0.123. The Morgan fingerprint density at radius 3 is 1.59 bits per heavy atom. The van der Waals surface area contributed by atoms with Crippen LogP contribution in [0, 0.1) is 11.8 Å². The highest BCUT2D eigenvalue weighted by atomic mass is 16.5. The second-order valence-electron chi connectivity index (χ2n) is 23.8. The number of rotatable bonds is 34. The minimum atomic E-state index is -1.06. The van der Waals surface area contributed by atoms with Gasteiger partial charge in [-0.25, -0.2) is 4.68 Å². The van der Waals surface area contributed by atoms with Gasteiger partial charge in [-0.15, -0.1) is 5.10 Å². The van der Waals surface area contributed by atoms with Crippen LogP contribution >= 0.6 is 0 Å². The highest BCUT2D eigenvalue weighted by Crippen LogP contribution is 2.37. The first-order chi connectivity index (χ1) is 44.3. The van der Waals surface area contributed by atoms with E-state index in [9.17, 15) is 43.5 Å². The van der Waals surface area contributed by atoms with Crippen molar-refractivity contribution in [1.82, 2.24) is 67.3 Å². The molecule has 4 aliphatic rings. The van der Waals surface area contributed by atoms with E-state index in [1.54, 1.807) is 59.0 Å². The third-order valence-electron chi connectivity index (χ3n) is 18.1. The van der Waals surface area contributed by atoms with Gasteiger partial charge in [0.2, 0.25) is 47.3 Å². The summed E-state index contributed by atoms with van der Waals surface area (Å²) in [6.07, 6.45) is 7.55. The Morgan fingerprint density at radius 1 is 0.582 bits per heavy atom. The molecule has 0 saturated carbocycles. The number of carbonyl (C=O) groups excluding carboxylic acids is 8. The summed E-state index contributed by atoms with van der Waals surface area (Å²) in [6.45, 7) is 5.87. The van der Waals surface area contributed by atoms with E-state index in [0.29, 0.717) is 108 Å². The van der Waals surface area contributed by atoms with Gasteiger partial charge in [0, 0.05) is 62.7 Å². The second kappa shape index (κ2) is 35.2. The number of aryl methyl sites for hydroxylation is 1. The van der Waals surface area contributed by atoms with Crippen molar-refractivity contribution in [2.45, 2.75) is 158 Å². The molecule has 11 unspecified atom stereocenters. The van der Waals surface area contributed by atoms with Crippen molar-refractivity contribution < 1.29 is 57.7 Å². The molecule has 4 fully saturated rings. The van der Waals surface area contributed by atoms with Crippen molar-refractivity contribution in [3.05, 3.63) is 120 Å². The van der Waals surface area contributed by atoms with Crippen LogP contribution < -0.4 is 42.5 Å². The van der Waals surface area contributed by atoms with E-state index in [1.807, 2.05) is 80.6 Å². The number of aromatic nitrogens is 3. The molecule has 1 aromatic heterocycles. The van der Waals surface area contributed by atoms with Crippen LogP contribution in [-0.2, 0) is 65.5 Å². The number of fused-ring (bicyclic) bond motifs is 2. The Morgan fingerprint density at radius 2 is 1.07 bits per heavy atom. The second-order valence-corrected chi connectivity index (χ2v) is 23.8. The zero-order chi connectivity index (χ0) is 64.7. The minimum Gasteiger partial charge on any atom is -0.396 e. The molecule has 25 nitrogen and oxygen atoms in total. The van der Waals surface area contributed by atoms with Crippen LogP contribution in [0.15, 0.2) is 97.2 Å². The van der Waals surface area contributed by atoms with Crippen molar-refractivity contribution in [3.63, 3.8) is 0 Å². The van der Waals surface area contributed by atoms with E-state index in [2.05, 4.69) is 52.8 Å². The van der Waals surface area contributed by atoms with Crippen LogP contribution in [0.4, 0.5) is 0 Å². The SMILES string of the molecule is CCC(NC)C(=O)NC1C(=O)N2C(CCC1CO)CCC2C(=O)NC(C(=O)NCCOCCOCCOCCn1cc(CCC(=O)NCC2CCC3CCC(C(=O)NC(c4ccccc4)c4ccccc4)N3C(=O)C2NC(=O)C(CC)NC)nn1)c1ccccc1. The number of benzene rings is 3. The third-order valence-corrected chi connectivity index (χ3v) is 18.1. The maximum Gasteiger partial charge on any atom is 0.247 e. The number of nitrogens with zero attached hydrogens (tertiary/aromatic N) is 5. The van der Waals surface area contributed by atoms with Gasteiger partial charge in [-0.3, -0.25) is 38.4 Å². The Hall–Kier alpha value is -7.68. The molecule has 4 aliphatic heterocycles. The largest absolute Gasteiger partial charge is 0.396 e. The first-order valence-electron chi connectivity index (χ1n) is 32.4. The Labute approximate surface area is 533 Å². The number of hydrogen-bond donors (Lipinski definition) is 9. The van der Waals surface area contributed by atoms with Gasteiger partial charge < -0.3 is 71.7 Å². The van der Waals surface area contributed by atoms with Gasteiger partial charge in [-0.2, -0.15) is 0 Å². The zero-order valence-corrected chi connectivity index (χ0v) is 52.9. The summed E-state index contributed by atoms with van der Waals surface area (Å²) in [6, 6.07) is 21.7. The summed E-state index contributed by atoms with van der Waals surface area (Å²) in [5.41, 5.74) is 3.01. The Kier molecular flexibility index (Phi) is 26.8. The van der Waals surface area contributed by atoms with Gasteiger partial charge in [0.25, 0.3) is 0 Å². The number of amides is 8. The summed E-state index contributed by atoms with van der Waals surface area (Å²) in [5.74, 6) is -3.76. The lowest BCUT2D eigenvalue weighted by Gasteiger charge is -2.33. The zero-order valence-electron chi connectivity index (χ0n) is 52.9. The first-order valence-corrected chi connectivity index (χ1v) is 32.4. The number of hydrogen-bond acceptors (Lipinski definition) is 16. The fraction of sp³-hybridized carbons (Fsp3) is 0.576. The summed E-state index contributed by atoms with van der Waals surface area (Å²) in [4.78, 5) is 114. The van der Waals surface area contributed by atoms with E-state index in [0.717, 1.165) is 11.1 Å². The first kappa shape index (κ1) is 69.2. The maximum absolute atomic E-state index is 14.8. The molecule has 25 heteroatoms. The fourth-order valence-electron chi connectivity index (χ4n) is 13.0. The van der Waals surface area contributed by atoms with Gasteiger partial charge in [0.05, 0.1) is 70.0 Å². The van der Waals surface area contributed by atoms with Gasteiger partial charge in [0.15, 0.2) is 0 Å². The number of aliphatic hydroxyl groups is 1. The quantitative estimate of drug-likeness (QED) is 0.0301. The molecule has 0 spiro atoms. The van der Waals surface area contributed by atoms with E-state index >= 15 is 0 Å². The molecular formula is C66H93N13O12. The molecule has 8 amide bonds. The summed E-state index contributed by atoms with van der Waals surface area (Å²) in [7, 11) is 3.36. The number of carbonyl (C=O) groups is 8. The molecule has 4 saturated heterocycles. The molecule has 0 aliphatic carbocycles.